The van der Waals surface area contributed by atoms with Crippen molar-refractivity contribution in [3.05, 3.63) is 0 Å². The quantitative estimate of drug-likeness (QED) is 0.817. The normalized spacial score (nSPS) is 29.1. The van der Waals surface area contributed by atoms with Gasteiger partial charge in [-0.3, -0.25) is 10.1 Å². The molecule has 0 spiro atoms. The van der Waals surface area contributed by atoms with Crippen molar-refractivity contribution in [2.45, 2.75) is 77.0 Å². The Morgan fingerprint density at radius 3 is 2.43 bits per heavy atom. The Morgan fingerprint density at radius 2 is 1.95 bits per heavy atom. The van der Waals surface area contributed by atoms with E-state index in [0.29, 0.717) is 11.8 Å². The van der Waals surface area contributed by atoms with Crippen LogP contribution in [0.25, 0.3) is 0 Å². The zero-order valence-corrected chi connectivity index (χ0v) is 14.5. The minimum atomic E-state index is 0.0237. The molecular weight excluding hydrogens is 262 g/mol. The Morgan fingerprint density at radius 1 is 1.33 bits per heavy atom. The van der Waals surface area contributed by atoms with E-state index in [1.54, 1.807) is 0 Å². The molecule has 1 aliphatic carbocycles. The van der Waals surface area contributed by atoms with E-state index in [2.05, 4.69) is 50.0 Å². The summed E-state index contributed by atoms with van der Waals surface area (Å²) < 4.78 is 0. The smallest absolute Gasteiger partial charge is 0.241 e. The average molecular weight is 295 g/mol. The van der Waals surface area contributed by atoms with E-state index in [-0.39, 0.29) is 17.7 Å². The molecule has 1 aliphatic heterocycles. The topological polar surface area (TPSA) is 35.6 Å². The third kappa shape index (κ3) is 3.42. The zero-order valence-electron chi connectivity index (χ0n) is 14.5. The molecule has 1 saturated heterocycles. The van der Waals surface area contributed by atoms with Crippen molar-refractivity contribution >= 4 is 5.91 Å². The first kappa shape index (κ1) is 16.8. The van der Waals surface area contributed by atoms with Crippen LogP contribution >= 0.6 is 0 Å². The molecule has 4 nitrogen and oxygen atoms in total. The number of hydrogen-bond donors (Lipinski definition) is 1. The van der Waals surface area contributed by atoms with Gasteiger partial charge in [0.1, 0.15) is 0 Å². The molecule has 1 saturated carbocycles. The highest BCUT2D eigenvalue weighted by molar-refractivity contribution is 5.84. The van der Waals surface area contributed by atoms with Crippen LogP contribution in [0.3, 0.4) is 0 Å². The lowest BCUT2D eigenvalue weighted by atomic mass is 9.94. The fourth-order valence-corrected chi connectivity index (χ4v) is 4.01. The molecule has 2 atom stereocenters. The van der Waals surface area contributed by atoms with Gasteiger partial charge in [-0.15, -0.1) is 0 Å². The Hall–Kier alpha value is -0.610. The highest BCUT2D eigenvalue weighted by Crippen LogP contribution is 2.36. The number of carbonyl (C=O) groups excluding carboxylic acids is 1. The van der Waals surface area contributed by atoms with Gasteiger partial charge in [-0.1, -0.05) is 33.6 Å². The Labute approximate surface area is 130 Å². The van der Waals surface area contributed by atoms with Crippen LogP contribution in [-0.4, -0.2) is 54.1 Å². The van der Waals surface area contributed by atoms with Crippen LogP contribution in [0.15, 0.2) is 0 Å². The maximum atomic E-state index is 12.8. The van der Waals surface area contributed by atoms with Gasteiger partial charge in [-0.25, -0.2) is 0 Å². The highest BCUT2D eigenvalue weighted by Gasteiger charge is 2.44. The molecule has 0 radical (unpaired) electrons. The van der Waals surface area contributed by atoms with Crippen molar-refractivity contribution in [2.75, 3.05) is 20.6 Å². The zero-order chi connectivity index (χ0) is 15.6. The summed E-state index contributed by atoms with van der Waals surface area (Å²) in [6.45, 7) is 7.44. The third-order valence-corrected chi connectivity index (χ3v) is 5.39. The SMILES string of the molecule is CCC1NC(CC(C)C)C(=O)N1CC1(N(C)C)CCCC1. The van der Waals surface area contributed by atoms with Crippen molar-refractivity contribution < 1.29 is 4.79 Å². The van der Waals surface area contributed by atoms with Crippen LogP contribution in [0.4, 0.5) is 0 Å². The maximum absolute atomic E-state index is 12.8. The lowest BCUT2D eigenvalue weighted by Crippen LogP contribution is -2.53. The van der Waals surface area contributed by atoms with Crippen molar-refractivity contribution in [1.29, 1.82) is 0 Å². The van der Waals surface area contributed by atoms with Crippen LogP contribution in [0.2, 0.25) is 0 Å². The second kappa shape index (κ2) is 6.66. The van der Waals surface area contributed by atoms with Crippen LogP contribution in [-0.2, 0) is 4.79 Å². The van der Waals surface area contributed by atoms with Crippen molar-refractivity contribution in [3.63, 3.8) is 0 Å². The first-order chi connectivity index (χ1) is 9.89. The van der Waals surface area contributed by atoms with Gasteiger partial charge in [0.15, 0.2) is 0 Å². The molecule has 0 aromatic carbocycles. The Bertz CT molecular complexity index is 361. The fraction of sp³-hybridized carbons (Fsp3) is 0.941. The first-order valence-corrected chi connectivity index (χ1v) is 8.63. The van der Waals surface area contributed by atoms with Crippen molar-refractivity contribution in [3.8, 4) is 0 Å². The number of nitrogens with one attached hydrogen (secondary N) is 1. The number of nitrogens with zero attached hydrogens (tertiary/aromatic N) is 2. The van der Waals surface area contributed by atoms with Gasteiger partial charge in [-0.2, -0.15) is 0 Å². The molecule has 2 aliphatic rings. The first-order valence-electron chi connectivity index (χ1n) is 8.63. The molecule has 122 valence electrons. The van der Waals surface area contributed by atoms with Gasteiger partial charge in [-0.05, 0) is 45.7 Å². The maximum Gasteiger partial charge on any atom is 0.241 e. The van der Waals surface area contributed by atoms with Gasteiger partial charge in [0.05, 0.1) is 12.2 Å². The van der Waals surface area contributed by atoms with Gasteiger partial charge in [0, 0.05) is 12.1 Å². The third-order valence-electron chi connectivity index (χ3n) is 5.39. The van der Waals surface area contributed by atoms with Crippen molar-refractivity contribution in [1.82, 2.24) is 15.1 Å². The summed E-state index contributed by atoms with van der Waals surface area (Å²) in [6.07, 6.45) is 7.17. The summed E-state index contributed by atoms with van der Waals surface area (Å²) in [5.41, 5.74) is 0.192. The van der Waals surface area contributed by atoms with Crippen LogP contribution in [0, 0.1) is 5.92 Å². The van der Waals surface area contributed by atoms with Crippen LogP contribution in [0.5, 0.6) is 0 Å². The highest BCUT2D eigenvalue weighted by atomic mass is 16.2. The monoisotopic (exact) mass is 295 g/mol. The number of rotatable bonds is 6. The van der Waals surface area contributed by atoms with E-state index in [9.17, 15) is 4.79 Å². The number of amides is 1. The molecule has 1 N–H and O–H groups in total. The number of carbonyl (C=O) groups is 1. The molecular formula is C17H33N3O. The summed E-state index contributed by atoms with van der Waals surface area (Å²) in [5.74, 6) is 0.877. The van der Waals surface area contributed by atoms with E-state index < -0.39 is 0 Å². The summed E-state index contributed by atoms with van der Waals surface area (Å²) in [5, 5.41) is 3.56. The van der Waals surface area contributed by atoms with Gasteiger partial charge >= 0.3 is 0 Å². The summed E-state index contributed by atoms with van der Waals surface area (Å²) in [7, 11) is 4.34. The molecule has 21 heavy (non-hydrogen) atoms. The molecule has 2 fully saturated rings. The van der Waals surface area contributed by atoms with E-state index in [1.807, 2.05) is 0 Å². The minimum Gasteiger partial charge on any atom is -0.324 e. The second-order valence-corrected chi connectivity index (χ2v) is 7.56. The molecule has 0 aromatic heterocycles. The Kier molecular flexibility index (Phi) is 5.31. The number of hydrogen-bond acceptors (Lipinski definition) is 3. The van der Waals surface area contributed by atoms with Gasteiger partial charge in [0.2, 0.25) is 5.91 Å². The molecule has 2 rings (SSSR count). The van der Waals surface area contributed by atoms with Crippen LogP contribution < -0.4 is 5.32 Å². The predicted octanol–water partition coefficient (Wildman–Crippen LogP) is 2.44. The van der Waals surface area contributed by atoms with E-state index >= 15 is 0 Å². The molecule has 0 aromatic rings. The molecule has 1 amide bonds. The van der Waals surface area contributed by atoms with E-state index in [0.717, 1.165) is 19.4 Å². The average Bonchev–Trinajstić information content (AvgIpc) is 2.99. The van der Waals surface area contributed by atoms with Gasteiger partial charge < -0.3 is 9.80 Å². The second-order valence-electron chi connectivity index (χ2n) is 7.56. The predicted molar refractivity (Wildman–Crippen MR) is 87.1 cm³/mol. The standard InChI is InChI=1S/C17H33N3O/c1-6-15-18-14(11-13(2)3)16(21)20(15)12-17(19(4)5)9-7-8-10-17/h13-15,18H,6-12H2,1-5H3. The minimum absolute atomic E-state index is 0.0237. The summed E-state index contributed by atoms with van der Waals surface area (Å²) in [4.78, 5) is 17.3. The fourth-order valence-electron chi connectivity index (χ4n) is 4.01. The van der Waals surface area contributed by atoms with E-state index in [1.165, 1.54) is 25.7 Å². The summed E-state index contributed by atoms with van der Waals surface area (Å²) in [6, 6.07) is 0.0237. The van der Waals surface area contributed by atoms with Crippen molar-refractivity contribution in [2.24, 2.45) is 5.92 Å². The Balaban J connectivity index is 2.11. The molecule has 2 unspecified atom stereocenters. The lowest BCUT2D eigenvalue weighted by molar-refractivity contribution is -0.132. The lowest BCUT2D eigenvalue weighted by Gasteiger charge is -2.41. The largest absolute Gasteiger partial charge is 0.324 e. The van der Waals surface area contributed by atoms with Gasteiger partial charge in [0.25, 0.3) is 0 Å². The van der Waals surface area contributed by atoms with E-state index in [4.69, 9.17) is 0 Å². The van der Waals surface area contributed by atoms with Crippen LogP contribution in [0.1, 0.15) is 59.3 Å². The summed E-state index contributed by atoms with van der Waals surface area (Å²) >= 11 is 0. The molecule has 1 heterocycles. The number of likely N-dealkylation sites (N-methyl/N-ethyl adjacent to an activating group) is 1. The molecule has 4 heteroatoms. The molecule has 0 bridgehead atoms.